The molecule has 3 heterocycles. The molecule has 2 aromatic rings. The summed E-state index contributed by atoms with van der Waals surface area (Å²) in [6.45, 7) is 1.40. The Balaban J connectivity index is 1.67. The molecule has 8 heteroatoms. The minimum Gasteiger partial charge on any atom is -0.471 e. The molecular weight excluding hydrogens is 331 g/mol. The summed E-state index contributed by atoms with van der Waals surface area (Å²) < 4.78 is 43.4. The molecule has 122 valence electrons. The van der Waals surface area contributed by atoms with Gasteiger partial charge in [-0.1, -0.05) is 11.6 Å². The molecule has 1 fully saturated rings. The molecule has 0 radical (unpaired) electrons. The third-order valence-corrected chi connectivity index (χ3v) is 3.86. The Hall–Kier alpha value is -2.02. The van der Waals surface area contributed by atoms with Gasteiger partial charge in [0.15, 0.2) is 0 Å². The molecule has 0 bridgehead atoms. The fourth-order valence-corrected chi connectivity index (χ4v) is 2.65. The average molecular weight is 344 g/mol. The number of rotatable bonds is 3. The van der Waals surface area contributed by atoms with Crippen molar-refractivity contribution in [1.29, 1.82) is 0 Å². The molecular formula is C15H13ClF3N3O. The normalized spacial score (nSPS) is 18.3. The van der Waals surface area contributed by atoms with Gasteiger partial charge in [0.05, 0.1) is 12.1 Å². The van der Waals surface area contributed by atoms with Crippen LogP contribution in [0.2, 0.25) is 5.02 Å². The molecule has 0 amide bonds. The third kappa shape index (κ3) is 3.67. The van der Waals surface area contributed by atoms with Crippen molar-refractivity contribution in [2.24, 2.45) is 0 Å². The van der Waals surface area contributed by atoms with Crippen molar-refractivity contribution in [3.8, 4) is 5.88 Å². The number of hydrogen-bond donors (Lipinski definition) is 0. The van der Waals surface area contributed by atoms with E-state index in [1.165, 1.54) is 0 Å². The van der Waals surface area contributed by atoms with E-state index in [-0.39, 0.29) is 17.0 Å². The van der Waals surface area contributed by atoms with Gasteiger partial charge in [0.2, 0.25) is 5.88 Å². The zero-order valence-corrected chi connectivity index (χ0v) is 12.7. The first-order valence-corrected chi connectivity index (χ1v) is 7.35. The van der Waals surface area contributed by atoms with E-state index in [2.05, 4.69) is 14.9 Å². The molecule has 1 aliphatic rings. The van der Waals surface area contributed by atoms with Crippen LogP contribution < -0.4 is 9.64 Å². The van der Waals surface area contributed by atoms with Gasteiger partial charge >= 0.3 is 6.18 Å². The van der Waals surface area contributed by atoms with Crippen LogP contribution in [0, 0.1) is 0 Å². The minimum atomic E-state index is -4.47. The molecule has 0 spiro atoms. The van der Waals surface area contributed by atoms with E-state index in [1.807, 2.05) is 12.1 Å². The second kappa shape index (κ2) is 6.23. The number of ether oxygens (including phenoxy) is 1. The highest BCUT2D eigenvalue weighted by Gasteiger charge is 2.32. The van der Waals surface area contributed by atoms with Crippen LogP contribution in [0.1, 0.15) is 12.0 Å². The van der Waals surface area contributed by atoms with Gasteiger partial charge in [-0.2, -0.15) is 13.2 Å². The van der Waals surface area contributed by atoms with Crippen LogP contribution in [0.25, 0.3) is 0 Å². The lowest BCUT2D eigenvalue weighted by Gasteiger charge is -2.19. The zero-order valence-electron chi connectivity index (χ0n) is 11.9. The molecule has 0 N–H and O–H groups in total. The van der Waals surface area contributed by atoms with Crippen molar-refractivity contribution < 1.29 is 17.9 Å². The van der Waals surface area contributed by atoms with Crippen LogP contribution in [0.3, 0.4) is 0 Å². The quantitative estimate of drug-likeness (QED) is 0.849. The SMILES string of the molecule is FC(F)(F)c1cnc(OC2CCN(c3ccncc3)C2)c(Cl)c1. The fourth-order valence-electron chi connectivity index (χ4n) is 2.44. The Bertz CT molecular complexity index is 681. The van der Waals surface area contributed by atoms with Crippen LogP contribution >= 0.6 is 11.6 Å². The molecule has 1 atom stereocenters. The lowest BCUT2D eigenvalue weighted by Crippen LogP contribution is -2.24. The van der Waals surface area contributed by atoms with Crippen molar-refractivity contribution in [2.75, 3.05) is 18.0 Å². The van der Waals surface area contributed by atoms with Gasteiger partial charge in [-0.3, -0.25) is 4.98 Å². The molecule has 1 unspecified atom stereocenters. The molecule has 1 saturated heterocycles. The van der Waals surface area contributed by atoms with Crippen molar-refractivity contribution in [3.63, 3.8) is 0 Å². The lowest BCUT2D eigenvalue weighted by molar-refractivity contribution is -0.137. The van der Waals surface area contributed by atoms with Crippen molar-refractivity contribution >= 4 is 17.3 Å². The number of pyridine rings is 2. The van der Waals surface area contributed by atoms with E-state index >= 15 is 0 Å². The Kier molecular flexibility index (Phi) is 4.30. The molecule has 0 aliphatic carbocycles. The first-order valence-electron chi connectivity index (χ1n) is 6.98. The predicted octanol–water partition coefficient (Wildman–Crippen LogP) is 3.81. The zero-order chi connectivity index (χ0) is 16.4. The van der Waals surface area contributed by atoms with Crippen LogP contribution in [-0.4, -0.2) is 29.2 Å². The smallest absolute Gasteiger partial charge is 0.417 e. The number of hydrogen-bond acceptors (Lipinski definition) is 4. The molecule has 3 rings (SSSR count). The molecule has 2 aromatic heterocycles. The van der Waals surface area contributed by atoms with Crippen LogP contribution in [0.15, 0.2) is 36.8 Å². The summed E-state index contributed by atoms with van der Waals surface area (Å²) in [4.78, 5) is 9.78. The van der Waals surface area contributed by atoms with E-state index in [1.54, 1.807) is 12.4 Å². The summed E-state index contributed by atoms with van der Waals surface area (Å²) in [6, 6.07) is 4.62. The number of halogens is 4. The van der Waals surface area contributed by atoms with E-state index in [0.717, 1.165) is 30.9 Å². The van der Waals surface area contributed by atoms with Gasteiger partial charge in [-0.25, -0.2) is 4.98 Å². The lowest BCUT2D eigenvalue weighted by atomic mass is 10.3. The molecule has 0 saturated carbocycles. The van der Waals surface area contributed by atoms with Gasteiger partial charge < -0.3 is 9.64 Å². The highest BCUT2D eigenvalue weighted by molar-refractivity contribution is 6.31. The van der Waals surface area contributed by atoms with Gasteiger partial charge in [0.1, 0.15) is 11.1 Å². The summed E-state index contributed by atoms with van der Waals surface area (Å²) in [5.41, 5.74) is 0.136. The van der Waals surface area contributed by atoms with Crippen LogP contribution in [0.5, 0.6) is 5.88 Å². The van der Waals surface area contributed by atoms with Crippen LogP contribution in [0.4, 0.5) is 18.9 Å². The third-order valence-electron chi connectivity index (χ3n) is 3.59. The highest BCUT2D eigenvalue weighted by atomic mass is 35.5. The van der Waals surface area contributed by atoms with E-state index < -0.39 is 11.7 Å². The Labute approximate surface area is 135 Å². The van der Waals surface area contributed by atoms with Crippen LogP contribution in [-0.2, 0) is 6.18 Å². The number of nitrogens with zero attached hydrogens (tertiary/aromatic N) is 3. The Morgan fingerprint density at radius 2 is 2.00 bits per heavy atom. The number of alkyl halides is 3. The monoisotopic (exact) mass is 343 g/mol. The first kappa shape index (κ1) is 15.9. The summed E-state index contributed by atoms with van der Waals surface area (Å²) in [5, 5.41) is -0.137. The largest absolute Gasteiger partial charge is 0.471 e. The number of anilines is 1. The maximum atomic E-state index is 12.6. The van der Waals surface area contributed by atoms with Gasteiger partial charge in [0, 0.05) is 37.2 Å². The maximum Gasteiger partial charge on any atom is 0.417 e. The second-order valence-electron chi connectivity index (χ2n) is 5.19. The van der Waals surface area contributed by atoms with E-state index in [0.29, 0.717) is 6.54 Å². The summed E-state index contributed by atoms with van der Waals surface area (Å²) in [5.74, 6) is 0.0289. The maximum absolute atomic E-state index is 12.6. The van der Waals surface area contributed by atoms with E-state index in [4.69, 9.17) is 16.3 Å². The summed E-state index contributed by atoms with van der Waals surface area (Å²) >= 11 is 5.86. The minimum absolute atomic E-state index is 0.0289. The summed E-state index contributed by atoms with van der Waals surface area (Å²) in [6.07, 6.45) is 0.235. The average Bonchev–Trinajstić information content (AvgIpc) is 2.98. The van der Waals surface area contributed by atoms with Gasteiger partial charge in [0.25, 0.3) is 0 Å². The second-order valence-corrected chi connectivity index (χ2v) is 5.60. The van der Waals surface area contributed by atoms with Gasteiger partial charge in [-0.05, 0) is 18.2 Å². The first-order chi connectivity index (χ1) is 10.9. The van der Waals surface area contributed by atoms with Gasteiger partial charge in [-0.15, -0.1) is 0 Å². The topological polar surface area (TPSA) is 38.2 Å². The molecule has 1 aliphatic heterocycles. The summed E-state index contributed by atoms with van der Waals surface area (Å²) in [7, 11) is 0. The Morgan fingerprint density at radius 3 is 2.65 bits per heavy atom. The Morgan fingerprint density at radius 1 is 1.26 bits per heavy atom. The van der Waals surface area contributed by atoms with E-state index in [9.17, 15) is 13.2 Å². The van der Waals surface area contributed by atoms with Crippen molar-refractivity contribution in [2.45, 2.75) is 18.7 Å². The molecule has 4 nitrogen and oxygen atoms in total. The fraction of sp³-hybridized carbons (Fsp3) is 0.333. The van der Waals surface area contributed by atoms with Crippen molar-refractivity contribution in [1.82, 2.24) is 9.97 Å². The molecule has 0 aromatic carbocycles. The predicted molar refractivity (Wildman–Crippen MR) is 79.7 cm³/mol. The van der Waals surface area contributed by atoms with Crippen molar-refractivity contribution in [3.05, 3.63) is 47.4 Å². The standard InChI is InChI=1S/C15H13ClF3N3O/c16-13-7-10(15(17,18)19)8-21-14(13)23-12-3-6-22(9-12)11-1-4-20-5-2-11/h1-2,4-5,7-8,12H,3,6,9H2. The number of aromatic nitrogens is 2. The highest BCUT2D eigenvalue weighted by Crippen LogP contribution is 2.34. The molecule has 23 heavy (non-hydrogen) atoms.